The van der Waals surface area contributed by atoms with E-state index in [4.69, 9.17) is 14.2 Å². The number of amides is 1. The summed E-state index contributed by atoms with van der Waals surface area (Å²) in [6.45, 7) is 3.54. The summed E-state index contributed by atoms with van der Waals surface area (Å²) in [5.74, 6) is 0.0293. The zero-order valence-corrected chi connectivity index (χ0v) is 10.3. The Labute approximate surface area is 101 Å². The first kappa shape index (κ1) is 13.9. The van der Waals surface area contributed by atoms with Crippen molar-refractivity contribution < 1.29 is 23.8 Å². The lowest BCUT2D eigenvalue weighted by atomic mass is 10.1. The number of methoxy groups -OCH3 is 1. The van der Waals surface area contributed by atoms with Crippen molar-refractivity contribution >= 4 is 11.9 Å². The number of likely N-dealkylation sites (tertiary alicyclic amines) is 1. The molecule has 17 heavy (non-hydrogen) atoms. The number of carbonyl (C=O) groups excluding carboxylic acids is 2. The highest BCUT2D eigenvalue weighted by Crippen LogP contribution is 2.11. The molecule has 1 amide bonds. The number of hydrogen-bond acceptors (Lipinski definition) is 5. The zero-order chi connectivity index (χ0) is 12.7. The number of hydrogen-bond donors (Lipinski definition) is 0. The molecule has 0 radical (unpaired) electrons. The fourth-order valence-electron chi connectivity index (χ4n) is 1.60. The molecule has 0 aromatic rings. The molecule has 0 aliphatic carbocycles. The van der Waals surface area contributed by atoms with Gasteiger partial charge < -0.3 is 19.1 Å². The number of rotatable bonds is 5. The van der Waals surface area contributed by atoms with Gasteiger partial charge in [-0.3, -0.25) is 4.79 Å². The molecule has 1 unspecified atom stereocenters. The molecule has 0 N–H and O–H groups in total. The highest BCUT2D eigenvalue weighted by Gasteiger charge is 2.30. The van der Waals surface area contributed by atoms with Gasteiger partial charge >= 0.3 is 6.09 Å². The van der Waals surface area contributed by atoms with E-state index in [1.807, 2.05) is 0 Å². The van der Waals surface area contributed by atoms with Crippen molar-refractivity contribution in [3.05, 3.63) is 0 Å². The quantitative estimate of drug-likeness (QED) is 0.658. The number of nitrogens with zero attached hydrogens (tertiary/aromatic N) is 1. The fourth-order valence-corrected chi connectivity index (χ4v) is 1.60. The second-order valence-corrected chi connectivity index (χ2v) is 3.71. The van der Waals surface area contributed by atoms with Crippen LogP contribution in [0.3, 0.4) is 0 Å². The van der Waals surface area contributed by atoms with Gasteiger partial charge in [-0.2, -0.15) is 0 Å². The van der Waals surface area contributed by atoms with Crippen molar-refractivity contribution in [1.82, 2.24) is 4.90 Å². The van der Waals surface area contributed by atoms with E-state index in [1.165, 1.54) is 4.90 Å². The van der Waals surface area contributed by atoms with Crippen LogP contribution in [0.25, 0.3) is 0 Å². The number of ether oxygens (including phenoxy) is 3. The number of carbonyl (C=O) groups is 2. The van der Waals surface area contributed by atoms with Crippen molar-refractivity contribution in [3.8, 4) is 0 Å². The Kier molecular flexibility index (Phi) is 5.93. The molecule has 1 atom stereocenters. The Hall–Kier alpha value is -1.14. The molecular weight excluding hydrogens is 226 g/mol. The molecule has 1 fully saturated rings. The van der Waals surface area contributed by atoms with Crippen molar-refractivity contribution in [2.45, 2.75) is 19.4 Å². The topological polar surface area (TPSA) is 65.1 Å². The Morgan fingerprint density at radius 1 is 1.47 bits per heavy atom. The molecular formula is C11H19NO5. The van der Waals surface area contributed by atoms with Crippen molar-refractivity contribution in [3.63, 3.8) is 0 Å². The molecule has 1 aliphatic rings. The van der Waals surface area contributed by atoms with Crippen LogP contribution in [-0.4, -0.2) is 62.9 Å². The third-order valence-electron chi connectivity index (χ3n) is 2.51. The van der Waals surface area contributed by atoms with Gasteiger partial charge in [0, 0.05) is 20.1 Å². The van der Waals surface area contributed by atoms with E-state index in [9.17, 15) is 9.59 Å². The van der Waals surface area contributed by atoms with E-state index in [0.29, 0.717) is 32.8 Å². The average molecular weight is 245 g/mol. The van der Waals surface area contributed by atoms with E-state index in [0.717, 1.165) is 0 Å². The van der Waals surface area contributed by atoms with Crippen LogP contribution in [-0.2, 0) is 19.0 Å². The van der Waals surface area contributed by atoms with Gasteiger partial charge in [-0.25, -0.2) is 4.79 Å². The Morgan fingerprint density at radius 3 is 2.88 bits per heavy atom. The molecule has 0 spiro atoms. The van der Waals surface area contributed by atoms with Crippen LogP contribution < -0.4 is 0 Å². The minimum absolute atomic E-state index is 0.0293. The molecule has 1 rings (SSSR count). The van der Waals surface area contributed by atoms with Gasteiger partial charge in [-0.05, 0) is 6.92 Å². The summed E-state index contributed by atoms with van der Waals surface area (Å²) in [4.78, 5) is 24.6. The van der Waals surface area contributed by atoms with Gasteiger partial charge in [0.1, 0.15) is 6.10 Å². The molecule has 6 heteroatoms. The largest absolute Gasteiger partial charge is 0.450 e. The second-order valence-electron chi connectivity index (χ2n) is 3.71. The van der Waals surface area contributed by atoms with Crippen LogP contribution in [0.15, 0.2) is 0 Å². The third kappa shape index (κ3) is 4.32. The fraction of sp³-hybridized carbons (Fsp3) is 0.818. The van der Waals surface area contributed by atoms with Gasteiger partial charge in [0.2, 0.25) is 0 Å². The zero-order valence-electron chi connectivity index (χ0n) is 10.3. The van der Waals surface area contributed by atoms with Gasteiger partial charge in [0.05, 0.1) is 26.4 Å². The highest BCUT2D eigenvalue weighted by atomic mass is 16.6. The van der Waals surface area contributed by atoms with E-state index < -0.39 is 6.10 Å². The number of Topliss-reactive ketones (excluding diaryl/α,β-unsaturated/α-hetero) is 1. The first-order valence-corrected chi connectivity index (χ1v) is 5.74. The highest BCUT2D eigenvalue weighted by molar-refractivity contribution is 5.85. The predicted molar refractivity (Wildman–Crippen MR) is 59.8 cm³/mol. The molecule has 98 valence electrons. The van der Waals surface area contributed by atoms with Gasteiger partial charge in [-0.15, -0.1) is 0 Å². The SMILES string of the molecule is CCOC(=O)N1CCC(=O)C(OCCOC)C1. The Morgan fingerprint density at radius 2 is 2.24 bits per heavy atom. The number of piperidine rings is 1. The minimum Gasteiger partial charge on any atom is -0.450 e. The van der Waals surface area contributed by atoms with E-state index in [1.54, 1.807) is 14.0 Å². The summed E-state index contributed by atoms with van der Waals surface area (Å²) in [5, 5.41) is 0. The Bertz CT molecular complexity index is 269. The van der Waals surface area contributed by atoms with Crippen LogP contribution in [0.2, 0.25) is 0 Å². The summed E-state index contributed by atoms with van der Waals surface area (Å²) in [7, 11) is 1.57. The standard InChI is InChI=1S/C11H19NO5/c1-3-16-11(14)12-5-4-9(13)10(8-12)17-7-6-15-2/h10H,3-8H2,1-2H3. The predicted octanol–water partition coefficient (Wildman–Crippen LogP) is 0.449. The van der Waals surface area contributed by atoms with Crippen LogP contribution >= 0.6 is 0 Å². The summed E-state index contributed by atoms with van der Waals surface area (Å²) >= 11 is 0. The van der Waals surface area contributed by atoms with Crippen LogP contribution in [0.5, 0.6) is 0 Å². The monoisotopic (exact) mass is 245 g/mol. The molecule has 1 saturated heterocycles. The molecule has 0 saturated carbocycles. The molecule has 1 aliphatic heterocycles. The van der Waals surface area contributed by atoms with E-state index >= 15 is 0 Å². The number of ketones is 1. The lowest BCUT2D eigenvalue weighted by molar-refractivity contribution is -0.136. The lowest BCUT2D eigenvalue weighted by Crippen LogP contribution is -2.48. The smallest absolute Gasteiger partial charge is 0.409 e. The molecule has 0 bridgehead atoms. The molecule has 0 aromatic carbocycles. The maximum Gasteiger partial charge on any atom is 0.409 e. The summed E-state index contributed by atoms with van der Waals surface area (Å²) in [6, 6.07) is 0. The van der Waals surface area contributed by atoms with Gasteiger partial charge in [0.25, 0.3) is 0 Å². The Balaban J connectivity index is 2.41. The summed E-state index contributed by atoms with van der Waals surface area (Å²) in [5.41, 5.74) is 0. The van der Waals surface area contributed by atoms with Crippen LogP contribution in [0, 0.1) is 0 Å². The van der Waals surface area contributed by atoms with Crippen molar-refractivity contribution in [2.75, 3.05) is 40.0 Å². The van der Waals surface area contributed by atoms with Crippen molar-refractivity contribution in [1.29, 1.82) is 0 Å². The third-order valence-corrected chi connectivity index (χ3v) is 2.51. The average Bonchev–Trinajstić information content (AvgIpc) is 2.32. The molecule has 6 nitrogen and oxygen atoms in total. The van der Waals surface area contributed by atoms with Gasteiger partial charge in [0.15, 0.2) is 5.78 Å². The van der Waals surface area contributed by atoms with E-state index in [-0.39, 0.29) is 18.4 Å². The maximum atomic E-state index is 11.6. The minimum atomic E-state index is -0.552. The first-order valence-electron chi connectivity index (χ1n) is 5.74. The summed E-state index contributed by atoms with van der Waals surface area (Å²) < 4.78 is 15.1. The van der Waals surface area contributed by atoms with Crippen LogP contribution in [0.1, 0.15) is 13.3 Å². The van der Waals surface area contributed by atoms with Crippen molar-refractivity contribution in [2.24, 2.45) is 0 Å². The van der Waals surface area contributed by atoms with Crippen LogP contribution in [0.4, 0.5) is 4.79 Å². The molecule has 1 heterocycles. The summed E-state index contributed by atoms with van der Waals surface area (Å²) in [6.07, 6.45) is -0.625. The lowest BCUT2D eigenvalue weighted by Gasteiger charge is -2.30. The van der Waals surface area contributed by atoms with Gasteiger partial charge in [-0.1, -0.05) is 0 Å². The maximum absolute atomic E-state index is 11.6. The normalized spacial score (nSPS) is 20.5. The molecule has 0 aromatic heterocycles. The first-order chi connectivity index (χ1) is 8.19. The second kappa shape index (κ2) is 7.24. The van der Waals surface area contributed by atoms with E-state index in [2.05, 4.69) is 0 Å².